The first-order valence-corrected chi connectivity index (χ1v) is 9.95. The molecule has 2 aromatic rings. The Labute approximate surface area is 173 Å². The fraction of sp³-hybridized carbons (Fsp3) is 0.455. The van der Waals surface area contributed by atoms with Gasteiger partial charge in [-0.1, -0.05) is 13.8 Å². The summed E-state index contributed by atoms with van der Waals surface area (Å²) in [5, 5.41) is 5.82. The molecule has 3 amide bonds. The van der Waals surface area contributed by atoms with E-state index < -0.39 is 0 Å². The lowest BCUT2D eigenvalue weighted by Gasteiger charge is -2.26. The molecule has 0 aliphatic rings. The summed E-state index contributed by atoms with van der Waals surface area (Å²) in [6.07, 6.45) is 2.07. The number of furan rings is 1. The molecule has 1 aromatic carbocycles. The monoisotopic (exact) mass is 400 g/mol. The Balaban J connectivity index is 2.28. The van der Waals surface area contributed by atoms with Gasteiger partial charge >= 0.3 is 6.03 Å². The molecule has 0 atom stereocenters. The Morgan fingerprint density at radius 2 is 1.90 bits per heavy atom. The first-order chi connectivity index (χ1) is 13.8. The van der Waals surface area contributed by atoms with Crippen LogP contribution >= 0.6 is 0 Å². The van der Waals surface area contributed by atoms with Crippen LogP contribution in [0, 0.1) is 5.92 Å². The molecule has 2 rings (SSSR count). The minimum Gasteiger partial charge on any atom is -0.467 e. The van der Waals surface area contributed by atoms with Crippen LogP contribution in [0.5, 0.6) is 0 Å². The van der Waals surface area contributed by atoms with Gasteiger partial charge in [0.05, 0.1) is 19.4 Å². The maximum Gasteiger partial charge on any atom is 0.318 e. The van der Waals surface area contributed by atoms with E-state index in [4.69, 9.17) is 4.42 Å². The molecule has 7 nitrogen and oxygen atoms in total. The molecule has 0 bridgehead atoms. The molecule has 0 aliphatic heterocycles. The summed E-state index contributed by atoms with van der Waals surface area (Å²) in [4.78, 5) is 28.5. The average molecular weight is 401 g/mol. The number of carbonyl (C=O) groups excluding carboxylic acids is 2. The van der Waals surface area contributed by atoms with Crippen molar-refractivity contribution >= 4 is 23.3 Å². The van der Waals surface area contributed by atoms with Crippen molar-refractivity contribution in [2.75, 3.05) is 30.9 Å². The molecule has 0 saturated heterocycles. The number of amides is 3. The van der Waals surface area contributed by atoms with Gasteiger partial charge in [-0.25, -0.2) is 4.79 Å². The third-order valence-electron chi connectivity index (χ3n) is 4.34. The molecule has 0 spiro atoms. The third-order valence-corrected chi connectivity index (χ3v) is 4.34. The standard InChI is InChI=1S/C22H32N4O3/c1-6-23-22(28)26(15-19-8-7-11-29-19)14-17-13-18(9-10-20(17)25(4)5)24-21(27)12-16(2)3/h7-11,13,16H,6,12,14-15H2,1-5H3,(H,23,28)(H,24,27). The maximum absolute atomic E-state index is 12.6. The van der Waals surface area contributed by atoms with Crippen LogP contribution in [0.3, 0.4) is 0 Å². The van der Waals surface area contributed by atoms with E-state index in [1.165, 1.54) is 0 Å². The van der Waals surface area contributed by atoms with Crippen LogP contribution < -0.4 is 15.5 Å². The normalized spacial score (nSPS) is 10.7. The van der Waals surface area contributed by atoms with E-state index >= 15 is 0 Å². The lowest BCUT2D eigenvalue weighted by Crippen LogP contribution is -2.39. The number of hydrogen-bond donors (Lipinski definition) is 2. The van der Waals surface area contributed by atoms with Gasteiger partial charge in [0, 0.05) is 38.4 Å². The van der Waals surface area contributed by atoms with Crippen LogP contribution in [0.1, 0.15) is 38.5 Å². The number of benzene rings is 1. The van der Waals surface area contributed by atoms with E-state index in [-0.39, 0.29) is 17.9 Å². The van der Waals surface area contributed by atoms with Crippen LogP contribution in [-0.4, -0.2) is 37.5 Å². The van der Waals surface area contributed by atoms with E-state index in [9.17, 15) is 9.59 Å². The Morgan fingerprint density at radius 1 is 1.14 bits per heavy atom. The van der Waals surface area contributed by atoms with Crippen LogP contribution in [0.2, 0.25) is 0 Å². The van der Waals surface area contributed by atoms with E-state index in [0.29, 0.717) is 31.8 Å². The van der Waals surface area contributed by atoms with Gasteiger partial charge in [0.15, 0.2) is 0 Å². The van der Waals surface area contributed by atoms with E-state index in [0.717, 1.165) is 16.9 Å². The zero-order chi connectivity index (χ0) is 21.4. The van der Waals surface area contributed by atoms with Crippen LogP contribution in [-0.2, 0) is 17.9 Å². The second-order valence-corrected chi connectivity index (χ2v) is 7.65. The van der Waals surface area contributed by atoms with Crippen molar-refractivity contribution in [3.05, 3.63) is 47.9 Å². The van der Waals surface area contributed by atoms with Gasteiger partial charge in [-0.05, 0) is 48.7 Å². The molecule has 7 heteroatoms. The minimum atomic E-state index is -0.164. The molecule has 0 aliphatic carbocycles. The van der Waals surface area contributed by atoms with Gasteiger partial charge in [-0.2, -0.15) is 0 Å². The summed E-state index contributed by atoms with van der Waals surface area (Å²) in [6, 6.07) is 9.27. The van der Waals surface area contributed by atoms with Crippen molar-refractivity contribution in [1.82, 2.24) is 10.2 Å². The van der Waals surface area contributed by atoms with Crippen LogP contribution in [0.4, 0.5) is 16.2 Å². The van der Waals surface area contributed by atoms with Crippen molar-refractivity contribution in [2.24, 2.45) is 5.92 Å². The van der Waals surface area contributed by atoms with Gasteiger partial charge in [-0.3, -0.25) is 4.79 Å². The van der Waals surface area contributed by atoms with E-state index in [1.54, 1.807) is 17.2 Å². The number of rotatable bonds is 9. The summed E-state index contributed by atoms with van der Waals surface area (Å²) >= 11 is 0. The molecule has 0 unspecified atom stereocenters. The smallest absolute Gasteiger partial charge is 0.318 e. The SMILES string of the molecule is CCNC(=O)N(Cc1ccco1)Cc1cc(NC(=O)CC(C)C)ccc1N(C)C. The van der Waals surface area contributed by atoms with Crippen molar-refractivity contribution in [1.29, 1.82) is 0 Å². The highest BCUT2D eigenvalue weighted by atomic mass is 16.3. The molecular formula is C22H32N4O3. The quantitative estimate of drug-likeness (QED) is 0.665. The molecule has 0 fully saturated rings. The predicted octanol–water partition coefficient (Wildman–Crippen LogP) is 4.06. The largest absolute Gasteiger partial charge is 0.467 e. The Hall–Kier alpha value is -2.96. The fourth-order valence-electron chi connectivity index (χ4n) is 3.07. The first kappa shape index (κ1) is 22.3. The minimum absolute atomic E-state index is 0.0141. The zero-order valence-electron chi connectivity index (χ0n) is 18.0. The van der Waals surface area contributed by atoms with E-state index in [1.807, 2.05) is 64.0 Å². The molecule has 1 aromatic heterocycles. The fourth-order valence-corrected chi connectivity index (χ4v) is 3.07. The van der Waals surface area contributed by atoms with Crippen molar-refractivity contribution < 1.29 is 14.0 Å². The maximum atomic E-state index is 12.6. The summed E-state index contributed by atoms with van der Waals surface area (Å²) in [5.74, 6) is 0.987. The molecule has 0 radical (unpaired) electrons. The summed E-state index contributed by atoms with van der Waals surface area (Å²) in [6.45, 7) is 7.19. The van der Waals surface area contributed by atoms with Gasteiger partial charge in [-0.15, -0.1) is 0 Å². The lowest BCUT2D eigenvalue weighted by atomic mass is 10.1. The molecule has 0 saturated carbocycles. The topological polar surface area (TPSA) is 77.8 Å². The number of nitrogens with zero attached hydrogens (tertiary/aromatic N) is 2. The zero-order valence-corrected chi connectivity index (χ0v) is 18.0. The summed E-state index contributed by atoms with van der Waals surface area (Å²) in [5.41, 5.74) is 2.65. The van der Waals surface area contributed by atoms with Gasteiger partial charge in [0.1, 0.15) is 5.76 Å². The predicted molar refractivity (Wildman–Crippen MR) is 116 cm³/mol. The van der Waals surface area contributed by atoms with Crippen molar-refractivity contribution in [3.63, 3.8) is 0 Å². The Morgan fingerprint density at radius 3 is 2.48 bits per heavy atom. The number of anilines is 2. The average Bonchev–Trinajstić information content (AvgIpc) is 3.13. The van der Waals surface area contributed by atoms with Crippen molar-refractivity contribution in [3.8, 4) is 0 Å². The molecule has 158 valence electrons. The van der Waals surface area contributed by atoms with Crippen molar-refractivity contribution in [2.45, 2.75) is 40.3 Å². The second kappa shape index (κ2) is 10.5. The number of nitrogens with one attached hydrogen (secondary N) is 2. The van der Waals surface area contributed by atoms with E-state index in [2.05, 4.69) is 10.6 Å². The first-order valence-electron chi connectivity index (χ1n) is 9.95. The highest BCUT2D eigenvalue weighted by molar-refractivity contribution is 5.91. The number of carbonyl (C=O) groups is 2. The highest BCUT2D eigenvalue weighted by Crippen LogP contribution is 2.25. The molecule has 29 heavy (non-hydrogen) atoms. The summed E-state index contributed by atoms with van der Waals surface area (Å²) < 4.78 is 5.43. The van der Waals surface area contributed by atoms with Gasteiger partial charge in [0.2, 0.25) is 5.91 Å². The Kier molecular flexibility index (Phi) is 8.12. The van der Waals surface area contributed by atoms with Crippen LogP contribution in [0.25, 0.3) is 0 Å². The third kappa shape index (κ3) is 6.85. The lowest BCUT2D eigenvalue weighted by molar-refractivity contribution is -0.116. The molecule has 2 N–H and O–H groups in total. The highest BCUT2D eigenvalue weighted by Gasteiger charge is 2.18. The van der Waals surface area contributed by atoms with Gasteiger partial charge in [0.25, 0.3) is 0 Å². The summed E-state index contributed by atoms with van der Waals surface area (Å²) in [7, 11) is 3.91. The van der Waals surface area contributed by atoms with Gasteiger partial charge < -0.3 is 24.9 Å². The van der Waals surface area contributed by atoms with Crippen LogP contribution in [0.15, 0.2) is 41.0 Å². The second-order valence-electron chi connectivity index (χ2n) is 7.65. The molecular weight excluding hydrogens is 368 g/mol. The number of hydrogen-bond acceptors (Lipinski definition) is 4. The number of urea groups is 1. The Bertz CT molecular complexity index is 800. The molecule has 1 heterocycles.